The highest BCUT2D eigenvalue weighted by atomic mass is 32.2. The molecule has 0 spiro atoms. The smallest absolute Gasteiger partial charge is 0.238 e. The summed E-state index contributed by atoms with van der Waals surface area (Å²) in [4.78, 5) is 0.120. The first-order valence-corrected chi connectivity index (χ1v) is 6.82. The fourth-order valence-corrected chi connectivity index (χ4v) is 2.61. The first-order chi connectivity index (χ1) is 7.48. The van der Waals surface area contributed by atoms with Crippen molar-refractivity contribution in [1.29, 1.82) is 0 Å². The second-order valence-electron chi connectivity index (χ2n) is 4.26. The van der Waals surface area contributed by atoms with Crippen molar-refractivity contribution in [3.8, 4) is 0 Å². The zero-order valence-electron chi connectivity index (χ0n) is 8.83. The molecule has 2 rings (SSSR count). The van der Waals surface area contributed by atoms with Crippen LogP contribution in [0.3, 0.4) is 0 Å². The van der Waals surface area contributed by atoms with Crippen LogP contribution in [0.4, 0.5) is 0 Å². The van der Waals surface area contributed by atoms with Crippen molar-refractivity contribution >= 4 is 10.0 Å². The summed E-state index contributed by atoms with van der Waals surface area (Å²) in [7, 11) is -3.70. The van der Waals surface area contributed by atoms with Gasteiger partial charge in [0.25, 0.3) is 0 Å². The molecule has 1 aromatic carbocycles. The first-order valence-electron chi connectivity index (χ1n) is 5.27. The average Bonchev–Trinajstić information content (AvgIpc) is 2.99. The molecule has 0 heterocycles. The van der Waals surface area contributed by atoms with E-state index in [9.17, 15) is 13.5 Å². The molecule has 1 atom stereocenters. The molecule has 1 aliphatic rings. The summed E-state index contributed by atoms with van der Waals surface area (Å²) < 4.78 is 22.6. The maximum Gasteiger partial charge on any atom is 0.238 e. The van der Waals surface area contributed by atoms with Crippen LogP contribution in [0.2, 0.25) is 0 Å². The van der Waals surface area contributed by atoms with Crippen LogP contribution in [0.25, 0.3) is 0 Å². The molecule has 16 heavy (non-hydrogen) atoms. The fourth-order valence-electron chi connectivity index (χ4n) is 1.82. The predicted octanol–water partition coefficient (Wildman–Crippen LogP) is 0.647. The number of nitrogens with two attached hydrogens (primary N) is 1. The van der Waals surface area contributed by atoms with Gasteiger partial charge in [0, 0.05) is 0 Å². The summed E-state index contributed by atoms with van der Waals surface area (Å²) >= 11 is 0. The number of aliphatic hydroxyl groups excluding tert-OH is 1. The summed E-state index contributed by atoms with van der Waals surface area (Å²) in [6.45, 7) is 0. The largest absolute Gasteiger partial charge is 0.392 e. The minimum Gasteiger partial charge on any atom is -0.392 e. The lowest BCUT2D eigenvalue weighted by Crippen LogP contribution is -2.18. The monoisotopic (exact) mass is 241 g/mol. The maximum atomic E-state index is 11.3. The van der Waals surface area contributed by atoms with Crippen LogP contribution in [0, 0.1) is 5.92 Å². The highest BCUT2D eigenvalue weighted by molar-refractivity contribution is 7.89. The quantitative estimate of drug-likeness (QED) is 0.812. The van der Waals surface area contributed by atoms with Crippen molar-refractivity contribution < 1.29 is 13.5 Å². The van der Waals surface area contributed by atoms with Crippen molar-refractivity contribution in [2.75, 3.05) is 0 Å². The third-order valence-corrected chi connectivity index (χ3v) is 3.89. The molecule has 0 saturated heterocycles. The van der Waals surface area contributed by atoms with Gasteiger partial charge in [-0.15, -0.1) is 0 Å². The minimum atomic E-state index is -3.70. The summed E-state index contributed by atoms with van der Waals surface area (Å²) in [6, 6.07) is 6.56. The highest BCUT2D eigenvalue weighted by Crippen LogP contribution is 2.34. The van der Waals surface area contributed by atoms with E-state index in [1.807, 2.05) is 0 Å². The van der Waals surface area contributed by atoms with Gasteiger partial charge >= 0.3 is 0 Å². The Balaban J connectivity index is 2.26. The summed E-state index contributed by atoms with van der Waals surface area (Å²) in [5.74, 6) is 0.327. The lowest BCUT2D eigenvalue weighted by molar-refractivity contribution is 0.151. The SMILES string of the molecule is NS(=O)(=O)c1ccccc1CC(O)C1CC1. The highest BCUT2D eigenvalue weighted by Gasteiger charge is 2.30. The standard InChI is InChI=1S/C11H15NO3S/c12-16(14,15)11-4-2-1-3-9(11)7-10(13)8-5-6-8/h1-4,8,10,13H,5-7H2,(H2,12,14,15). The zero-order chi connectivity index (χ0) is 11.8. The van der Waals surface area contributed by atoms with Gasteiger partial charge in [-0.3, -0.25) is 0 Å². The lowest BCUT2D eigenvalue weighted by Gasteiger charge is -2.11. The molecule has 1 aliphatic carbocycles. The molecule has 88 valence electrons. The average molecular weight is 241 g/mol. The summed E-state index contributed by atoms with van der Waals surface area (Å²) in [6.07, 6.45) is 1.96. The molecule has 1 saturated carbocycles. The van der Waals surface area contributed by atoms with Gasteiger partial charge < -0.3 is 5.11 Å². The van der Waals surface area contributed by atoms with Gasteiger partial charge in [0.15, 0.2) is 0 Å². The number of benzene rings is 1. The summed E-state index contributed by atoms with van der Waals surface area (Å²) in [5.41, 5.74) is 0.601. The van der Waals surface area contributed by atoms with Crippen LogP contribution in [0.5, 0.6) is 0 Å². The minimum absolute atomic E-state index is 0.120. The third-order valence-electron chi connectivity index (χ3n) is 2.87. The fraction of sp³-hybridized carbons (Fsp3) is 0.455. The lowest BCUT2D eigenvalue weighted by atomic mass is 10.1. The van der Waals surface area contributed by atoms with Crippen molar-refractivity contribution in [2.45, 2.75) is 30.3 Å². The Hall–Kier alpha value is -0.910. The molecule has 0 aliphatic heterocycles. The molecular formula is C11H15NO3S. The van der Waals surface area contributed by atoms with E-state index in [1.54, 1.807) is 18.2 Å². The number of rotatable bonds is 4. The molecular weight excluding hydrogens is 226 g/mol. The number of hydrogen-bond acceptors (Lipinski definition) is 3. The Morgan fingerprint density at radius 3 is 2.56 bits per heavy atom. The Morgan fingerprint density at radius 2 is 2.00 bits per heavy atom. The first kappa shape index (κ1) is 11.6. The zero-order valence-corrected chi connectivity index (χ0v) is 9.65. The molecule has 0 bridgehead atoms. The van der Waals surface area contributed by atoms with Crippen molar-refractivity contribution in [2.24, 2.45) is 11.1 Å². The molecule has 4 nitrogen and oxygen atoms in total. The topological polar surface area (TPSA) is 80.4 Å². The van der Waals surface area contributed by atoms with Gasteiger partial charge in [-0.25, -0.2) is 13.6 Å². The van der Waals surface area contributed by atoms with E-state index in [-0.39, 0.29) is 4.90 Å². The van der Waals surface area contributed by atoms with Crippen LogP contribution in [-0.2, 0) is 16.4 Å². The Morgan fingerprint density at radius 1 is 1.38 bits per heavy atom. The molecule has 1 unspecified atom stereocenters. The van der Waals surface area contributed by atoms with Gasteiger partial charge in [0.05, 0.1) is 11.0 Å². The van der Waals surface area contributed by atoms with Crippen LogP contribution in [-0.4, -0.2) is 19.6 Å². The van der Waals surface area contributed by atoms with Gasteiger partial charge in [0.2, 0.25) is 10.0 Å². The number of primary sulfonamides is 1. The predicted molar refractivity (Wildman–Crippen MR) is 60.3 cm³/mol. The van der Waals surface area contributed by atoms with E-state index >= 15 is 0 Å². The van der Waals surface area contributed by atoms with Crippen LogP contribution < -0.4 is 5.14 Å². The molecule has 1 aromatic rings. The molecule has 3 N–H and O–H groups in total. The van der Waals surface area contributed by atoms with Crippen molar-refractivity contribution in [3.63, 3.8) is 0 Å². The van der Waals surface area contributed by atoms with Gasteiger partial charge in [-0.1, -0.05) is 18.2 Å². The number of aliphatic hydroxyl groups is 1. The van der Waals surface area contributed by atoms with E-state index in [0.717, 1.165) is 12.8 Å². The summed E-state index contributed by atoms with van der Waals surface area (Å²) in [5, 5.41) is 14.9. The second kappa shape index (κ2) is 4.16. The Labute approximate surface area is 95.1 Å². The normalized spacial score (nSPS) is 18.4. The van der Waals surface area contributed by atoms with Crippen LogP contribution in [0.15, 0.2) is 29.2 Å². The van der Waals surface area contributed by atoms with E-state index in [4.69, 9.17) is 5.14 Å². The number of sulfonamides is 1. The Bertz CT molecular complexity index is 480. The Kier molecular flexibility index (Phi) is 3.01. The molecule has 0 amide bonds. The van der Waals surface area contributed by atoms with E-state index in [0.29, 0.717) is 17.9 Å². The van der Waals surface area contributed by atoms with Gasteiger partial charge in [-0.05, 0) is 36.8 Å². The molecule has 0 aromatic heterocycles. The van der Waals surface area contributed by atoms with Crippen molar-refractivity contribution in [1.82, 2.24) is 0 Å². The maximum absolute atomic E-state index is 11.3. The van der Waals surface area contributed by atoms with Crippen molar-refractivity contribution in [3.05, 3.63) is 29.8 Å². The molecule has 0 radical (unpaired) electrons. The van der Waals surface area contributed by atoms with Gasteiger partial charge in [0.1, 0.15) is 0 Å². The molecule has 5 heteroatoms. The van der Waals surface area contributed by atoms with Gasteiger partial charge in [-0.2, -0.15) is 0 Å². The van der Waals surface area contributed by atoms with E-state index in [1.165, 1.54) is 6.07 Å². The van der Waals surface area contributed by atoms with E-state index < -0.39 is 16.1 Å². The van der Waals surface area contributed by atoms with Crippen LogP contribution in [0.1, 0.15) is 18.4 Å². The second-order valence-corrected chi connectivity index (χ2v) is 5.79. The van der Waals surface area contributed by atoms with E-state index in [2.05, 4.69) is 0 Å². The molecule has 1 fully saturated rings. The third kappa shape index (κ3) is 2.61. The number of hydrogen-bond donors (Lipinski definition) is 2. The van der Waals surface area contributed by atoms with Crippen LogP contribution >= 0.6 is 0 Å².